The third-order valence-corrected chi connectivity index (χ3v) is 10.6. The topological polar surface area (TPSA) is 16.4 Å². The molecule has 0 saturated heterocycles. The number of rotatable bonds is 4. The molecular weight excluding hydrogens is 591 g/mol. The lowest BCUT2D eigenvalue weighted by atomic mass is 9.92. The summed E-state index contributed by atoms with van der Waals surface area (Å²) in [4.78, 5) is 2.41. The van der Waals surface area contributed by atoms with Crippen LogP contribution < -0.4 is 4.90 Å². The Labute approximate surface area is 275 Å². The van der Waals surface area contributed by atoms with Crippen molar-refractivity contribution in [3.8, 4) is 11.1 Å². The van der Waals surface area contributed by atoms with E-state index >= 15 is 0 Å². The lowest BCUT2D eigenvalue weighted by Crippen LogP contribution is -2.10. The third kappa shape index (κ3) is 4.04. The minimum absolute atomic E-state index is 0.911. The highest BCUT2D eigenvalue weighted by molar-refractivity contribution is 7.26. The van der Waals surface area contributed by atoms with Crippen molar-refractivity contribution >= 4 is 92.1 Å². The van der Waals surface area contributed by atoms with E-state index in [0.717, 1.165) is 39.0 Å². The maximum atomic E-state index is 6.60. The molecule has 0 aliphatic heterocycles. The van der Waals surface area contributed by atoms with Gasteiger partial charge in [-0.05, 0) is 81.2 Å². The summed E-state index contributed by atoms with van der Waals surface area (Å²) in [7, 11) is 0. The number of anilines is 3. The highest BCUT2D eigenvalue weighted by Crippen LogP contribution is 2.50. The molecule has 2 aromatic heterocycles. The van der Waals surface area contributed by atoms with Crippen LogP contribution in [0.4, 0.5) is 17.1 Å². The normalized spacial score (nSPS) is 11.8. The van der Waals surface area contributed by atoms with Gasteiger partial charge in [0.15, 0.2) is 0 Å². The molecule has 0 aliphatic rings. The first kappa shape index (κ1) is 26.3. The molecule has 2 heterocycles. The van der Waals surface area contributed by atoms with Crippen LogP contribution in [0.15, 0.2) is 168 Å². The molecule has 0 spiro atoms. The fourth-order valence-corrected chi connectivity index (χ4v) is 8.53. The van der Waals surface area contributed by atoms with Crippen LogP contribution in [-0.2, 0) is 0 Å². The van der Waals surface area contributed by atoms with E-state index in [0.29, 0.717) is 0 Å². The zero-order valence-electron chi connectivity index (χ0n) is 25.4. The minimum Gasteiger partial charge on any atom is -0.455 e. The molecule has 0 fully saturated rings. The molecule has 3 heteroatoms. The van der Waals surface area contributed by atoms with Crippen molar-refractivity contribution in [3.63, 3.8) is 0 Å². The maximum absolute atomic E-state index is 6.60. The summed E-state index contributed by atoms with van der Waals surface area (Å²) in [5.74, 6) is 0. The van der Waals surface area contributed by atoms with Crippen molar-refractivity contribution in [2.45, 2.75) is 0 Å². The molecule has 2 nitrogen and oxygen atoms in total. The quantitative estimate of drug-likeness (QED) is 0.183. The molecule has 0 bridgehead atoms. The Hall–Kier alpha value is -5.90. The average molecular weight is 618 g/mol. The van der Waals surface area contributed by atoms with E-state index in [1.165, 1.54) is 52.8 Å². The van der Waals surface area contributed by atoms with Gasteiger partial charge >= 0.3 is 0 Å². The van der Waals surface area contributed by atoms with E-state index in [1.54, 1.807) is 0 Å². The first-order valence-corrected chi connectivity index (χ1v) is 16.7. The largest absolute Gasteiger partial charge is 0.455 e. The fraction of sp³-hybridized carbons (Fsp3) is 0. The first-order valence-electron chi connectivity index (χ1n) is 15.9. The molecule has 0 N–H and O–H groups in total. The Kier molecular flexibility index (Phi) is 5.78. The molecule has 0 amide bonds. The van der Waals surface area contributed by atoms with Gasteiger partial charge in [-0.3, -0.25) is 0 Å². The van der Waals surface area contributed by atoms with Crippen molar-refractivity contribution < 1.29 is 4.42 Å². The molecule has 10 rings (SSSR count). The number of nitrogens with zero attached hydrogens (tertiary/aromatic N) is 1. The minimum atomic E-state index is 0.911. The van der Waals surface area contributed by atoms with Crippen LogP contribution in [0.25, 0.3) is 74.8 Å². The zero-order valence-corrected chi connectivity index (χ0v) is 26.2. The second kappa shape index (κ2) is 10.3. The Bertz CT molecular complexity index is 2740. The molecular formula is C44H27NOS. The Morgan fingerprint density at radius 3 is 1.81 bits per heavy atom. The van der Waals surface area contributed by atoms with Crippen LogP contribution in [0.5, 0.6) is 0 Å². The molecule has 47 heavy (non-hydrogen) atoms. The Morgan fingerprint density at radius 1 is 0.468 bits per heavy atom. The third-order valence-electron chi connectivity index (χ3n) is 9.41. The van der Waals surface area contributed by atoms with Crippen molar-refractivity contribution in [1.29, 1.82) is 0 Å². The summed E-state index contributed by atoms with van der Waals surface area (Å²) in [5.41, 5.74) is 7.71. The Morgan fingerprint density at radius 2 is 1.06 bits per heavy atom. The summed E-state index contributed by atoms with van der Waals surface area (Å²) in [6, 6.07) is 58.9. The van der Waals surface area contributed by atoms with E-state index in [2.05, 4.69) is 163 Å². The number of hydrogen-bond acceptors (Lipinski definition) is 3. The van der Waals surface area contributed by atoms with Crippen molar-refractivity contribution in [2.75, 3.05) is 4.90 Å². The van der Waals surface area contributed by atoms with Gasteiger partial charge in [0.25, 0.3) is 0 Å². The van der Waals surface area contributed by atoms with E-state index in [9.17, 15) is 0 Å². The van der Waals surface area contributed by atoms with Gasteiger partial charge in [0.05, 0.1) is 10.4 Å². The summed E-state index contributed by atoms with van der Waals surface area (Å²) in [5, 5.41) is 9.71. The molecule has 0 unspecified atom stereocenters. The summed E-state index contributed by atoms with van der Waals surface area (Å²) in [6.45, 7) is 0. The smallest absolute Gasteiger partial charge is 0.144 e. The molecule has 0 aliphatic carbocycles. The number of thiophene rings is 1. The molecule has 8 aromatic carbocycles. The molecule has 0 saturated carbocycles. The molecule has 0 radical (unpaired) electrons. The molecule has 10 aromatic rings. The lowest BCUT2D eigenvalue weighted by molar-refractivity contribution is 0.673. The monoisotopic (exact) mass is 617 g/mol. The van der Waals surface area contributed by atoms with Crippen LogP contribution in [0.2, 0.25) is 0 Å². The van der Waals surface area contributed by atoms with Gasteiger partial charge in [-0.2, -0.15) is 0 Å². The van der Waals surface area contributed by atoms with Gasteiger partial charge in [0, 0.05) is 37.6 Å². The van der Waals surface area contributed by atoms with Crippen molar-refractivity contribution in [3.05, 3.63) is 164 Å². The zero-order chi connectivity index (χ0) is 30.9. The van der Waals surface area contributed by atoms with Crippen molar-refractivity contribution in [2.24, 2.45) is 0 Å². The SMILES string of the molecule is c1ccc(N(c2ccc(-c3c4ccccc4cc4ccccc34)cc2)c2cc3c4ccccc4oc3c3c2sc2ccccc23)cc1. The van der Waals surface area contributed by atoms with E-state index < -0.39 is 0 Å². The van der Waals surface area contributed by atoms with Gasteiger partial charge in [-0.25, -0.2) is 0 Å². The maximum Gasteiger partial charge on any atom is 0.144 e. The van der Waals surface area contributed by atoms with Crippen LogP contribution in [-0.4, -0.2) is 0 Å². The average Bonchev–Trinajstić information content (AvgIpc) is 3.70. The lowest BCUT2D eigenvalue weighted by Gasteiger charge is -2.26. The Balaban J connectivity index is 1.24. The van der Waals surface area contributed by atoms with E-state index in [1.807, 2.05) is 17.4 Å². The first-order chi connectivity index (χ1) is 23.3. The van der Waals surface area contributed by atoms with Crippen LogP contribution in [0, 0.1) is 0 Å². The summed E-state index contributed by atoms with van der Waals surface area (Å²) < 4.78 is 9.07. The second-order valence-corrected chi connectivity index (χ2v) is 13.1. The predicted molar refractivity (Wildman–Crippen MR) is 202 cm³/mol. The number of benzene rings is 8. The van der Waals surface area contributed by atoms with Crippen LogP contribution in [0.3, 0.4) is 0 Å². The second-order valence-electron chi connectivity index (χ2n) is 12.1. The number of fused-ring (bicyclic) bond motifs is 9. The van der Waals surface area contributed by atoms with E-state index in [4.69, 9.17) is 4.42 Å². The molecule has 220 valence electrons. The van der Waals surface area contributed by atoms with Gasteiger partial charge in [0.2, 0.25) is 0 Å². The number of hydrogen-bond donors (Lipinski definition) is 0. The number of para-hydroxylation sites is 2. The van der Waals surface area contributed by atoms with Gasteiger partial charge < -0.3 is 9.32 Å². The van der Waals surface area contributed by atoms with Crippen molar-refractivity contribution in [1.82, 2.24) is 0 Å². The summed E-state index contributed by atoms with van der Waals surface area (Å²) >= 11 is 1.83. The van der Waals surface area contributed by atoms with Crippen LogP contribution >= 0.6 is 11.3 Å². The van der Waals surface area contributed by atoms with Gasteiger partial charge in [0.1, 0.15) is 11.2 Å². The van der Waals surface area contributed by atoms with E-state index in [-0.39, 0.29) is 0 Å². The molecule has 0 atom stereocenters. The highest BCUT2D eigenvalue weighted by Gasteiger charge is 2.23. The highest BCUT2D eigenvalue weighted by atomic mass is 32.1. The standard InChI is InChI=1S/C44H27NOS/c1-2-14-31(15-3-1)45(32-24-22-28(23-25-32)41-33-16-6-4-12-29(33)26-30-13-5-7-17-34(30)41)38-27-37-35-18-8-10-20-39(35)46-43(37)42-36-19-9-11-21-40(36)47-44(38)42/h1-27H. The van der Waals surface area contributed by atoms with Gasteiger partial charge in [-0.15, -0.1) is 11.3 Å². The number of furan rings is 1. The predicted octanol–water partition coefficient (Wildman–Crippen LogP) is 13.4. The van der Waals surface area contributed by atoms with Gasteiger partial charge in [-0.1, -0.05) is 115 Å². The summed E-state index contributed by atoms with van der Waals surface area (Å²) in [6.07, 6.45) is 0. The fourth-order valence-electron chi connectivity index (χ4n) is 7.32. The van der Waals surface area contributed by atoms with Crippen LogP contribution in [0.1, 0.15) is 0 Å².